The molecule has 114 valence electrons. The largest absolute Gasteiger partial charge is 0.497 e. The number of rotatable bonds is 6. The standard InChI is InChI=1S/C17H19N3O2/c1-20-9-8-18-17(20)16(19-12-15-7-4-10-22-15)13-5-3-6-14(11-13)21-2/h3-11,16,19H,12H2,1-2H3/t16-/m0/s1. The average Bonchev–Trinajstić information content (AvgIpc) is 3.20. The zero-order chi connectivity index (χ0) is 15.4. The van der Waals surface area contributed by atoms with Gasteiger partial charge in [-0.1, -0.05) is 12.1 Å². The molecule has 5 nitrogen and oxygen atoms in total. The Kier molecular flexibility index (Phi) is 4.25. The van der Waals surface area contributed by atoms with Crippen molar-refractivity contribution in [3.05, 3.63) is 72.2 Å². The maximum absolute atomic E-state index is 5.40. The van der Waals surface area contributed by atoms with Crippen molar-refractivity contribution in [3.63, 3.8) is 0 Å². The average molecular weight is 297 g/mol. The smallest absolute Gasteiger partial charge is 0.130 e. The Morgan fingerprint density at radius 1 is 1.32 bits per heavy atom. The van der Waals surface area contributed by atoms with E-state index >= 15 is 0 Å². The highest BCUT2D eigenvalue weighted by Crippen LogP contribution is 2.24. The molecule has 1 atom stereocenters. The Bertz CT molecular complexity index is 719. The number of hydrogen-bond donors (Lipinski definition) is 1. The number of nitrogens with zero attached hydrogens (tertiary/aromatic N) is 2. The van der Waals surface area contributed by atoms with Crippen LogP contribution in [0.3, 0.4) is 0 Å². The van der Waals surface area contributed by atoms with Gasteiger partial charge in [0.2, 0.25) is 0 Å². The monoisotopic (exact) mass is 297 g/mol. The van der Waals surface area contributed by atoms with Crippen LogP contribution in [0.1, 0.15) is 23.2 Å². The van der Waals surface area contributed by atoms with Crippen molar-refractivity contribution in [2.24, 2.45) is 7.05 Å². The normalized spacial score (nSPS) is 12.3. The number of benzene rings is 1. The van der Waals surface area contributed by atoms with Crippen LogP contribution in [0.25, 0.3) is 0 Å². The first-order valence-corrected chi connectivity index (χ1v) is 7.15. The van der Waals surface area contributed by atoms with E-state index in [1.54, 1.807) is 19.6 Å². The molecule has 3 rings (SSSR count). The summed E-state index contributed by atoms with van der Waals surface area (Å²) in [6.07, 6.45) is 5.42. The van der Waals surface area contributed by atoms with Crippen molar-refractivity contribution in [2.75, 3.05) is 7.11 Å². The molecule has 0 spiro atoms. The van der Waals surface area contributed by atoms with Gasteiger partial charge in [-0.25, -0.2) is 4.98 Å². The Balaban J connectivity index is 1.90. The van der Waals surface area contributed by atoms with Crippen LogP contribution in [0.15, 0.2) is 59.5 Å². The van der Waals surface area contributed by atoms with Crippen LogP contribution in [0.4, 0.5) is 0 Å². The summed E-state index contributed by atoms with van der Waals surface area (Å²) in [5.41, 5.74) is 1.10. The molecule has 0 aliphatic rings. The van der Waals surface area contributed by atoms with E-state index in [2.05, 4.69) is 16.4 Å². The van der Waals surface area contributed by atoms with Gasteiger partial charge in [0.05, 0.1) is 26.0 Å². The van der Waals surface area contributed by atoms with Crippen LogP contribution in [0, 0.1) is 0 Å². The first-order chi connectivity index (χ1) is 10.8. The first-order valence-electron chi connectivity index (χ1n) is 7.15. The number of furan rings is 1. The molecular weight excluding hydrogens is 278 g/mol. The fraction of sp³-hybridized carbons (Fsp3) is 0.235. The van der Waals surface area contributed by atoms with Gasteiger partial charge in [0.15, 0.2) is 0 Å². The summed E-state index contributed by atoms with van der Waals surface area (Å²) in [5, 5.41) is 3.50. The van der Waals surface area contributed by atoms with Gasteiger partial charge < -0.3 is 13.7 Å². The molecule has 0 unspecified atom stereocenters. The third-order valence-corrected chi connectivity index (χ3v) is 3.60. The molecule has 0 amide bonds. The second-order valence-electron chi connectivity index (χ2n) is 5.07. The van der Waals surface area contributed by atoms with E-state index in [1.807, 2.05) is 48.1 Å². The summed E-state index contributed by atoms with van der Waals surface area (Å²) >= 11 is 0. The van der Waals surface area contributed by atoms with Crippen LogP contribution < -0.4 is 10.1 Å². The van der Waals surface area contributed by atoms with E-state index in [4.69, 9.17) is 9.15 Å². The molecule has 0 aliphatic carbocycles. The SMILES string of the molecule is COc1cccc([C@H](NCc2ccco2)c2nccn2C)c1. The number of methoxy groups -OCH3 is 1. The number of aromatic nitrogens is 2. The molecule has 0 saturated carbocycles. The van der Waals surface area contributed by atoms with E-state index in [9.17, 15) is 0 Å². The number of imidazole rings is 1. The van der Waals surface area contributed by atoms with E-state index in [-0.39, 0.29) is 6.04 Å². The fourth-order valence-corrected chi connectivity index (χ4v) is 2.45. The molecule has 2 aromatic heterocycles. The molecule has 5 heteroatoms. The lowest BCUT2D eigenvalue weighted by atomic mass is 10.1. The van der Waals surface area contributed by atoms with Gasteiger partial charge in [0.25, 0.3) is 0 Å². The Hall–Kier alpha value is -2.53. The molecule has 1 aromatic carbocycles. The van der Waals surface area contributed by atoms with Crippen LogP contribution in [0.5, 0.6) is 5.75 Å². The summed E-state index contributed by atoms with van der Waals surface area (Å²) in [6.45, 7) is 0.627. The van der Waals surface area contributed by atoms with Crippen molar-refractivity contribution in [2.45, 2.75) is 12.6 Å². The van der Waals surface area contributed by atoms with E-state index in [0.717, 1.165) is 22.9 Å². The van der Waals surface area contributed by atoms with Crippen LogP contribution in [-0.2, 0) is 13.6 Å². The minimum atomic E-state index is -0.0415. The third kappa shape index (κ3) is 3.04. The van der Waals surface area contributed by atoms with Gasteiger partial charge in [-0.15, -0.1) is 0 Å². The topological polar surface area (TPSA) is 52.2 Å². The second-order valence-corrected chi connectivity index (χ2v) is 5.07. The predicted octanol–water partition coefficient (Wildman–Crippen LogP) is 2.90. The summed E-state index contributed by atoms with van der Waals surface area (Å²) in [4.78, 5) is 4.48. The number of nitrogens with one attached hydrogen (secondary N) is 1. The van der Waals surface area contributed by atoms with Crippen molar-refractivity contribution >= 4 is 0 Å². The van der Waals surface area contributed by atoms with Crippen LogP contribution in [0.2, 0.25) is 0 Å². The third-order valence-electron chi connectivity index (χ3n) is 3.60. The second kappa shape index (κ2) is 6.49. The Labute approximate surface area is 129 Å². The zero-order valence-corrected chi connectivity index (χ0v) is 12.7. The molecule has 0 fully saturated rings. The van der Waals surface area contributed by atoms with Crippen molar-refractivity contribution in [3.8, 4) is 5.75 Å². The minimum absolute atomic E-state index is 0.0415. The lowest BCUT2D eigenvalue weighted by Crippen LogP contribution is -2.24. The number of aryl methyl sites for hydroxylation is 1. The van der Waals surface area contributed by atoms with E-state index in [0.29, 0.717) is 6.54 Å². The van der Waals surface area contributed by atoms with Gasteiger partial charge >= 0.3 is 0 Å². The lowest BCUT2D eigenvalue weighted by molar-refractivity contribution is 0.412. The maximum Gasteiger partial charge on any atom is 0.130 e. The minimum Gasteiger partial charge on any atom is -0.497 e. The van der Waals surface area contributed by atoms with Crippen LogP contribution >= 0.6 is 0 Å². The number of ether oxygens (including phenoxy) is 1. The fourth-order valence-electron chi connectivity index (χ4n) is 2.45. The summed E-state index contributed by atoms with van der Waals surface area (Å²) < 4.78 is 12.7. The highest BCUT2D eigenvalue weighted by Gasteiger charge is 2.18. The zero-order valence-electron chi connectivity index (χ0n) is 12.7. The van der Waals surface area contributed by atoms with E-state index < -0.39 is 0 Å². The van der Waals surface area contributed by atoms with Crippen molar-refractivity contribution in [1.82, 2.24) is 14.9 Å². The van der Waals surface area contributed by atoms with Gasteiger partial charge in [-0.2, -0.15) is 0 Å². The summed E-state index contributed by atoms with van der Waals surface area (Å²) in [5.74, 6) is 2.67. The molecule has 2 heterocycles. The quantitative estimate of drug-likeness (QED) is 0.760. The summed E-state index contributed by atoms with van der Waals surface area (Å²) in [7, 11) is 3.66. The van der Waals surface area contributed by atoms with Crippen molar-refractivity contribution in [1.29, 1.82) is 0 Å². The lowest BCUT2D eigenvalue weighted by Gasteiger charge is -2.19. The molecule has 1 N–H and O–H groups in total. The molecule has 0 saturated heterocycles. The first kappa shape index (κ1) is 14.4. The number of hydrogen-bond acceptors (Lipinski definition) is 4. The maximum atomic E-state index is 5.40. The summed E-state index contributed by atoms with van der Waals surface area (Å²) in [6, 6.07) is 11.8. The molecule has 0 aliphatic heterocycles. The Morgan fingerprint density at radius 2 is 2.23 bits per heavy atom. The van der Waals surface area contributed by atoms with Gasteiger partial charge in [0.1, 0.15) is 17.3 Å². The highest BCUT2D eigenvalue weighted by molar-refractivity contribution is 5.33. The predicted molar refractivity (Wildman–Crippen MR) is 83.6 cm³/mol. The van der Waals surface area contributed by atoms with Gasteiger partial charge in [0, 0.05) is 19.4 Å². The molecule has 3 aromatic rings. The molecule has 0 radical (unpaired) electrons. The highest BCUT2D eigenvalue weighted by atomic mass is 16.5. The molecular formula is C17H19N3O2. The van der Waals surface area contributed by atoms with Crippen LogP contribution in [-0.4, -0.2) is 16.7 Å². The Morgan fingerprint density at radius 3 is 2.91 bits per heavy atom. The van der Waals surface area contributed by atoms with E-state index in [1.165, 1.54) is 0 Å². The van der Waals surface area contributed by atoms with Crippen molar-refractivity contribution < 1.29 is 9.15 Å². The molecule has 0 bridgehead atoms. The molecule has 22 heavy (non-hydrogen) atoms. The van der Waals surface area contributed by atoms with Gasteiger partial charge in [-0.3, -0.25) is 5.32 Å². The van der Waals surface area contributed by atoms with Gasteiger partial charge in [-0.05, 0) is 29.8 Å².